The molecule has 0 radical (unpaired) electrons. The minimum absolute atomic E-state index is 0.0696. The Morgan fingerprint density at radius 3 is 2.04 bits per heavy atom. The molecule has 0 aliphatic heterocycles. The van der Waals surface area contributed by atoms with Gasteiger partial charge in [0, 0.05) is 10.9 Å². The highest BCUT2D eigenvalue weighted by Crippen LogP contribution is 2.63. The first-order valence-electron chi connectivity index (χ1n) is 6.84. The van der Waals surface area contributed by atoms with Gasteiger partial charge in [0.15, 0.2) is 15.3 Å². The molecule has 0 amide bonds. The van der Waals surface area contributed by atoms with Crippen molar-refractivity contribution in [1.82, 2.24) is 0 Å². The zero-order valence-electron chi connectivity index (χ0n) is 11.8. The third-order valence-electron chi connectivity index (χ3n) is 4.14. The van der Waals surface area contributed by atoms with Crippen LogP contribution in [0.15, 0.2) is 59.5 Å². The zero-order chi connectivity index (χ0) is 16.7. The minimum atomic E-state index is -3.82. The van der Waals surface area contributed by atoms with Gasteiger partial charge in [0.25, 0.3) is 0 Å². The fraction of sp³-hybridized carbons (Fsp3) is 0.176. The van der Waals surface area contributed by atoms with Gasteiger partial charge in [-0.15, -0.1) is 0 Å². The van der Waals surface area contributed by atoms with E-state index in [-0.39, 0.29) is 4.90 Å². The first-order valence-corrected chi connectivity index (χ1v) is 8.77. The first kappa shape index (κ1) is 15.6. The van der Waals surface area contributed by atoms with Crippen LogP contribution in [0.5, 0.6) is 0 Å². The van der Waals surface area contributed by atoms with Gasteiger partial charge in [-0.2, -0.15) is 10.5 Å². The number of rotatable bonds is 3. The molecular formula is C17H11ClN2O2S. The summed E-state index contributed by atoms with van der Waals surface area (Å²) in [5.41, 5.74) is -0.877. The van der Waals surface area contributed by atoms with Crippen molar-refractivity contribution < 1.29 is 8.42 Å². The van der Waals surface area contributed by atoms with Crippen LogP contribution in [0.3, 0.4) is 0 Å². The Labute approximate surface area is 139 Å². The van der Waals surface area contributed by atoms with Crippen LogP contribution in [0, 0.1) is 28.1 Å². The highest BCUT2D eigenvalue weighted by molar-refractivity contribution is 7.92. The molecule has 1 aliphatic carbocycles. The topological polar surface area (TPSA) is 81.7 Å². The van der Waals surface area contributed by atoms with E-state index in [1.165, 1.54) is 24.3 Å². The summed E-state index contributed by atoms with van der Waals surface area (Å²) >= 11 is 5.79. The summed E-state index contributed by atoms with van der Waals surface area (Å²) in [7, 11) is -3.82. The lowest BCUT2D eigenvalue weighted by molar-refractivity contribution is 0.591. The molecule has 2 atom stereocenters. The predicted molar refractivity (Wildman–Crippen MR) is 85.3 cm³/mol. The lowest BCUT2D eigenvalue weighted by Crippen LogP contribution is -2.14. The molecule has 2 aromatic rings. The number of benzene rings is 2. The van der Waals surface area contributed by atoms with Gasteiger partial charge in [0.1, 0.15) is 5.25 Å². The Balaban J connectivity index is 2.10. The van der Waals surface area contributed by atoms with Crippen molar-refractivity contribution in [3.05, 3.63) is 65.2 Å². The lowest BCUT2D eigenvalue weighted by atomic mass is 10.0. The Kier molecular flexibility index (Phi) is 3.64. The van der Waals surface area contributed by atoms with Crippen LogP contribution in [0.2, 0.25) is 5.02 Å². The van der Waals surface area contributed by atoms with Crippen molar-refractivity contribution in [3.63, 3.8) is 0 Å². The van der Waals surface area contributed by atoms with E-state index in [1.807, 2.05) is 12.1 Å². The molecule has 0 heterocycles. The largest absolute Gasteiger partial charge is 0.223 e. The lowest BCUT2D eigenvalue weighted by Gasteiger charge is -2.04. The number of sulfone groups is 1. The smallest absolute Gasteiger partial charge is 0.184 e. The summed E-state index contributed by atoms with van der Waals surface area (Å²) in [4.78, 5) is 0.0696. The van der Waals surface area contributed by atoms with Crippen LogP contribution in [0.25, 0.3) is 0 Å². The van der Waals surface area contributed by atoms with Gasteiger partial charge in [-0.25, -0.2) is 8.42 Å². The molecule has 4 nitrogen and oxygen atoms in total. The molecule has 114 valence electrons. The van der Waals surface area contributed by atoms with E-state index >= 15 is 0 Å². The molecule has 6 heteroatoms. The average Bonchev–Trinajstić information content (AvgIpc) is 3.27. The van der Waals surface area contributed by atoms with Crippen LogP contribution in [-0.4, -0.2) is 13.7 Å². The number of halogens is 1. The Hall–Kier alpha value is -2.34. The van der Waals surface area contributed by atoms with Gasteiger partial charge in [0.2, 0.25) is 0 Å². The van der Waals surface area contributed by atoms with Crippen molar-refractivity contribution in [2.24, 2.45) is 5.41 Å². The summed E-state index contributed by atoms with van der Waals surface area (Å²) in [6.07, 6.45) is 0. The number of hydrogen-bond acceptors (Lipinski definition) is 4. The molecule has 0 N–H and O–H groups in total. The molecule has 0 saturated heterocycles. The SMILES string of the molecule is N#CC1(C#N)[C@H](S(=O)(=O)c2ccc(Cl)cc2)[C@@H]1c1ccccc1. The van der Waals surface area contributed by atoms with E-state index < -0.39 is 26.4 Å². The molecule has 0 spiro atoms. The van der Waals surface area contributed by atoms with Crippen LogP contribution in [0.1, 0.15) is 11.5 Å². The molecule has 0 bridgehead atoms. The highest BCUT2D eigenvalue weighted by Gasteiger charge is 2.73. The third-order valence-corrected chi connectivity index (χ3v) is 6.63. The molecule has 23 heavy (non-hydrogen) atoms. The van der Waals surface area contributed by atoms with Gasteiger partial charge in [-0.1, -0.05) is 41.9 Å². The molecule has 3 rings (SSSR count). The van der Waals surface area contributed by atoms with Crippen LogP contribution < -0.4 is 0 Å². The summed E-state index contributed by atoms with van der Waals surface area (Å²) in [6, 6.07) is 18.4. The summed E-state index contributed by atoms with van der Waals surface area (Å²) < 4.78 is 25.8. The number of nitriles is 2. The van der Waals surface area contributed by atoms with E-state index in [0.717, 1.165) is 0 Å². The van der Waals surface area contributed by atoms with Crippen molar-refractivity contribution >= 4 is 21.4 Å². The fourth-order valence-electron chi connectivity index (χ4n) is 2.94. The second-order valence-corrected chi connectivity index (χ2v) is 7.91. The predicted octanol–water partition coefficient (Wildman–Crippen LogP) is 3.31. The van der Waals surface area contributed by atoms with E-state index in [0.29, 0.717) is 10.6 Å². The Morgan fingerprint density at radius 1 is 0.957 bits per heavy atom. The van der Waals surface area contributed by atoms with Crippen LogP contribution in [0.4, 0.5) is 0 Å². The second-order valence-electron chi connectivity index (χ2n) is 5.40. The van der Waals surface area contributed by atoms with Crippen molar-refractivity contribution in [3.8, 4) is 12.1 Å². The van der Waals surface area contributed by atoms with Crippen LogP contribution in [-0.2, 0) is 9.84 Å². The van der Waals surface area contributed by atoms with Gasteiger partial charge in [-0.05, 0) is 29.8 Å². The van der Waals surface area contributed by atoms with Crippen molar-refractivity contribution in [2.75, 3.05) is 0 Å². The molecule has 1 aliphatic rings. The summed E-state index contributed by atoms with van der Waals surface area (Å²) in [6.45, 7) is 0. The normalized spacial score (nSPS) is 21.9. The van der Waals surface area contributed by atoms with Crippen molar-refractivity contribution in [1.29, 1.82) is 10.5 Å². The molecule has 0 unspecified atom stereocenters. The average molecular weight is 343 g/mol. The van der Waals surface area contributed by atoms with E-state index in [9.17, 15) is 18.9 Å². The minimum Gasteiger partial charge on any atom is -0.223 e. The summed E-state index contributed by atoms with van der Waals surface area (Å²) in [5, 5.41) is 18.3. The van der Waals surface area contributed by atoms with Gasteiger partial charge >= 0.3 is 0 Å². The van der Waals surface area contributed by atoms with Crippen molar-refractivity contribution in [2.45, 2.75) is 16.1 Å². The Morgan fingerprint density at radius 2 is 1.52 bits per heavy atom. The van der Waals surface area contributed by atoms with Gasteiger partial charge in [-0.3, -0.25) is 0 Å². The highest BCUT2D eigenvalue weighted by atomic mass is 35.5. The monoisotopic (exact) mass is 342 g/mol. The maximum absolute atomic E-state index is 12.9. The maximum atomic E-state index is 12.9. The molecular weight excluding hydrogens is 332 g/mol. The standard InChI is InChI=1S/C17H11ClN2O2S/c18-13-6-8-14(9-7-13)23(21,22)16-15(17(16,10-19)11-20)12-4-2-1-3-5-12/h1-9,15-16H/t15-,16+/m0/s1. The number of nitrogens with zero attached hydrogens (tertiary/aromatic N) is 2. The van der Waals surface area contributed by atoms with E-state index in [1.54, 1.807) is 30.3 Å². The maximum Gasteiger partial charge on any atom is 0.184 e. The first-order chi connectivity index (χ1) is 11.0. The van der Waals surface area contributed by atoms with E-state index in [4.69, 9.17) is 11.6 Å². The molecule has 0 aromatic heterocycles. The quantitative estimate of drug-likeness (QED) is 0.856. The fourth-order valence-corrected chi connectivity index (χ4v) is 5.27. The molecule has 2 aromatic carbocycles. The second kappa shape index (κ2) is 5.38. The van der Waals surface area contributed by atoms with Gasteiger partial charge in [0.05, 0.1) is 17.0 Å². The molecule has 1 fully saturated rings. The third kappa shape index (κ3) is 2.30. The molecule has 1 saturated carbocycles. The van der Waals surface area contributed by atoms with Gasteiger partial charge < -0.3 is 0 Å². The van der Waals surface area contributed by atoms with E-state index in [2.05, 4.69) is 0 Å². The number of hydrogen-bond donors (Lipinski definition) is 0. The Bertz CT molecular complexity index is 911. The summed E-state index contributed by atoms with van der Waals surface area (Å²) in [5.74, 6) is -0.653. The zero-order valence-corrected chi connectivity index (χ0v) is 13.4. The van der Waals surface area contributed by atoms with Crippen LogP contribution >= 0.6 is 11.6 Å².